The Morgan fingerprint density at radius 1 is 1.24 bits per heavy atom. The maximum atomic E-state index is 5.72. The minimum atomic E-state index is 0.357. The number of rotatable bonds is 4. The van der Waals surface area contributed by atoms with E-state index in [-0.39, 0.29) is 0 Å². The van der Waals surface area contributed by atoms with Crippen LogP contribution in [0.5, 0.6) is 0 Å². The summed E-state index contributed by atoms with van der Waals surface area (Å²) in [5.74, 6) is 2.14. The average molecular weight is 247 g/mol. The SMILES string of the molecule is CC(C)CCSc1nc(N)nc2ccccc12. The van der Waals surface area contributed by atoms with Gasteiger partial charge in [0.05, 0.1) is 5.52 Å². The third-order valence-corrected chi connectivity index (χ3v) is 3.54. The van der Waals surface area contributed by atoms with E-state index < -0.39 is 0 Å². The molecule has 0 aliphatic carbocycles. The third kappa shape index (κ3) is 3.09. The highest BCUT2D eigenvalue weighted by molar-refractivity contribution is 7.99. The van der Waals surface area contributed by atoms with Gasteiger partial charge < -0.3 is 5.73 Å². The zero-order valence-electron chi connectivity index (χ0n) is 10.2. The molecular weight excluding hydrogens is 230 g/mol. The van der Waals surface area contributed by atoms with Crippen molar-refractivity contribution in [3.05, 3.63) is 24.3 Å². The number of hydrogen-bond acceptors (Lipinski definition) is 4. The van der Waals surface area contributed by atoms with E-state index in [9.17, 15) is 0 Å². The number of thioether (sulfide) groups is 1. The van der Waals surface area contributed by atoms with Crippen molar-refractivity contribution < 1.29 is 0 Å². The van der Waals surface area contributed by atoms with Crippen LogP contribution in [0, 0.1) is 5.92 Å². The number of nitrogens with zero attached hydrogens (tertiary/aromatic N) is 2. The maximum absolute atomic E-state index is 5.72. The lowest BCUT2D eigenvalue weighted by Gasteiger charge is -2.07. The normalized spacial score (nSPS) is 11.2. The first-order chi connectivity index (χ1) is 8.16. The number of fused-ring (bicyclic) bond motifs is 1. The van der Waals surface area contributed by atoms with E-state index in [1.807, 2.05) is 24.3 Å². The molecule has 0 bridgehead atoms. The number of nitrogens with two attached hydrogens (primary N) is 1. The van der Waals surface area contributed by atoms with Crippen molar-refractivity contribution in [2.45, 2.75) is 25.3 Å². The van der Waals surface area contributed by atoms with Gasteiger partial charge in [0.15, 0.2) is 0 Å². The first-order valence-electron chi connectivity index (χ1n) is 5.82. The van der Waals surface area contributed by atoms with Gasteiger partial charge in [0, 0.05) is 5.39 Å². The molecule has 1 aromatic heterocycles. The second-order valence-corrected chi connectivity index (χ2v) is 5.52. The van der Waals surface area contributed by atoms with Crippen LogP contribution in [0.25, 0.3) is 10.9 Å². The van der Waals surface area contributed by atoms with Gasteiger partial charge in [-0.25, -0.2) is 9.97 Å². The third-order valence-electron chi connectivity index (χ3n) is 2.52. The fourth-order valence-electron chi connectivity index (χ4n) is 1.57. The lowest BCUT2D eigenvalue weighted by Crippen LogP contribution is -1.98. The van der Waals surface area contributed by atoms with E-state index >= 15 is 0 Å². The van der Waals surface area contributed by atoms with Crippen molar-refractivity contribution in [2.75, 3.05) is 11.5 Å². The molecule has 3 nitrogen and oxygen atoms in total. The van der Waals surface area contributed by atoms with E-state index in [1.165, 1.54) is 6.42 Å². The number of para-hydroxylation sites is 1. The first kappa shape index (κ1) is 12.2. The summed E-state index contributed by atoms with van der Waals surface area (Å²) in [6.07, 6.45) is 1.18. The van der Waals surface area contributed by atoms with Crippen LogP contribution < -0.4 is 5.73 Å². The molecule has 2 N–H and O–H groups in total. The second-order valence-electron chi connectivity index (χ2n) is 4.44. The van der Waals surface area contributed by atoms with Crippen LogP contribution in [-0.4, -0.2) is 15.7 Å². The van der Waals surface area contributed by atoms with Crippen molar-refractivity contribution in [2.24, 2.45) is 5.92 Å². The minimum absolute atomic E-state index is 0.357. The molecule has 0 radical (unpaired) electrons. The van der Waals surface area contributed by atoms with Crippen LogP contribution in [0.1, 0.15) is 20.3 Å². The molecule has 4 heteroatoms. The molecule has 0 atom stereocenters. The molecule has 0 amide bonds. The van der Waals surface area contributed by atoms with Crippen LogP contribution in [0.3, 0.4) is 0 Å². The molecule has 2 aromatic rings. The zero-order chi connectivity index (χ0) is 12.3. The lowest BCUT2D eigenvalue weighted by molar-refractivity contribution is 0.632. The Labute approximate surface area is 106 Å². The zero-order valence-corrected chi connectivity index (χ0v) is 11.0. The van der Waals surface area contributed by atoms with Gasteiger partial charge in [-0.15, -0.1) is 11.8 Å². The molecule has 90 valence electrons. The Kier molecular flexibility index (Phi) is 3.84. The van der Waals surface area contributed by atoms with Gasteiger partial charge in [-0.1, -0.05) is 32.0 Å². The minimum Gasteiger partial charge on any atom is -0.368 e. The molecule has 0 aliphatic heterocycles. The van der Waals surface area contributed by atoms with Crippen molar-refractivity contribution in [1.82, 2.24) is 9.97 Å². The Morgan fingerprint density at radius 3 is 2.76 bits per heavy atom. The fraction of sp³-hybridized carbons (Fsp3) is 0.385. The molecule has 2 rings (SSSR count). The van der Waals surface area contributed by atoms with Crippen molar-refractivity contribution in [1.29, 1.82) is 0 Å². The quantitative estimate of drug-likeness (QED) is 0.665. The molecular formula is C13H17N3S. The largest absolute Gasteiger partial charge is 0.368 e. The number of nitrogen functional groups attached to an aromatic ring is 1. The summed E-state index contributed by atoms with van der Waals surface area (Å²) >= 11 is 1.76. The molecule has 0 spiro atoms. The first-order valence-corrected chi connectivity index (χ1v) is 6.80. The van der Waals surface area contributed by atoms with Crippen LogP contribution in [-0.2, 0) is 0 Å². The monoisotopic (exact) mass is 247 g/mol. The summed E-state index contributed by atoms with van der Waals surface area (Å²) in [6.45, 7) is 4.46. The Morgan fingerprint density at radius 2 is 2.00 bits per heavy atom. The predicted molar refractivity (Wildman–Crippen MR) is 74.1 cm³/mol. The lowest BCUT2D eigenvalue weighted by atomic mass is 10.2. The molecule has 0 fully saturated rings. The van der Waals surface area contributed by atoms with Gasteiger partial charge in [-0.05, 0) is 24.2 Å². The fourth-order valence-corrected chi connectivity index (χ4v) is 2.83. The number of benzene rings is 1. The average Bonchev–Trinajstić information content (AvgIpc) is 2.28. The standard InChI is InChI=1S/C13H17N3S/c1-9(2)7-8-17-12-10-5-3-4-6-11(10)15-13(14)16-12/h3-6,9H,7-8H2,1-2H3,(H2,14,15,16). The second kappa shape index (κ2) is 5.36. The van der Waals surface area contributed by atoms with Gasteiger partial charge in [0.25, 0.3) is 0 Å². The Bertz CT molecular complexity index is 511. The summed E-state index contributed by atoms with van der Waals surface area (Å²) in [7, 11) is 0. The molecule has 0 saturated heterocycles. The van der Waals surface area contributed by atoms with Crippen LogP contribution in [0.2, 0.25) is 0 Å². The van der Waals surface area contributed by atoms with Crippen LogP contribution in [0.4, 0.5) is 5.95 Å². The molecule has 0 aliphatic rings. The van der Waals surface area contributed by atoms with E-state index in [2.05, 4.69) is 23.8 Å². The maximum Gasteiger partial charge on any atom is 0.221 e. The topological polar surface area (TPSA) is 51.8 Å². The van der Waals surface area contributed by atoms with Crippen molar-refractivity contribution >= 4 is 28.6 Å². The Balaban J connectivity index is 2.26. The van der Waals surface area contributed by atoms with Gasteiger partial charge in [-0.3, -0.25) is 0 Å². The van der Waals surface area contributed by atoms with Gasteiger partial charge in [-0.2, -0.15) is 0 Å². The summed E-state index contributed by atoms with van der Waals surface area (Å²) < 4.78 is 0. The van der Waals surface area contributed by atoms with Gasteiger partial charge >= 0.3 is 0 Å². The highest BCUT2D eigenvalue weighted by atomic mass is 32.2. The molecule has 1 heterocycles. The Hall–Kier alpha value is -1.29. The highest BCUT2D eigenvalue weighted by Gasteiger charge is 2.06. The van der Waals surface area contributed by atoms with Crippen LogP contribution in [0.15, 0.2) is 29.3 Å². The molecule has 0 saturated carbocycles. The predicted octanol–water partition coefficient (Wildman–Crippen LogP) is 3.35. The highest BCUT2D eigenvalue weighted by Crippen LogP contribution is 2.26. The number of hydrogen-bond donors (Lipinski definition) is 1. The summed E-state index contributed by atoms with van der Waals surface area (Å²) in [5, 5.41) is 2.09. The summed E-state index contributed by atoms with van der Waals surface area (Å²) in [5.41, 5.74) is 6.64. The van der Waals surface area contributed by atoms with Crippen LogP contribution >= 0.6 is 11.8 Å². The number of aromatic nitrogens is 2. The van der Waals surface area contributed by atoms with Gasteiger partial charge in [0.2, 0.25) is 5.95 Å². The molecule has 1 aromatic carbocycles. The molecule has 0 unspecified atom stereocenters. The smallest absolute Gasteiger partial charge is 0.221 e. The summed E-state index contributed by atoms with van der Waals surface area (Å²) in [6, 6.07) is 8.00. The van der Waals surface area contributed by atoms with Crippen molar-refractivity contribution in [3.63, 3.8) is 0 Å². The van der Waals surface area contributed by atoms with E-state index in [0.717, 1.165) is 21.7 Å². The van der Waals surface area contributed by atoms with Crippen molar-refractivity contribution in [3.8, 4) is 0 Å². The molecule has 17 heavy (non-hydrogen) atoms. The van der Waals surface area contributed by atoms with E-state index in [0.29, 0.717) is 11.9 Å². The summed E-state index contributed by atoms with van der Waals surface area (Å²) in [4.78, 5) is 8.56. The van der Waals surface area contributed by atoms with E-state index in [4.69, 9.17) is 5.73 Å². The van der Waals surface area contributed by atoms with E-state index in [1.54, 1.807) is 11.8 Å². The number of anilines is 1. The van der Waals surface area contributed by atoms with Gasteiger partial charge in [0.1, 0.15) is 5.03 Å².